The number of unbranched alkanes of at least 4 members (excludes halogenated alkanes) is 10. The van der Waals surface area contributed by atoms with Crippen molar-refractivity contribution >= 4 is 29.2 Å². The molecule has 0 aliphatic carbocycles. The van der Waals surface area contributed by atoms with Crippen molar-refractivity contribution in [2.45, 2.75) is 127 Å². The number of nitrogens with zero attached hydrogens (tertiary/aromatic N) is 4. The average molecular weight is 977 g/mol. The van der Waals surface area contributed by atoms with Crippen LogP contribution in [0.2, 0.25) is 0 Å². The van der Waals surface area contributed by atoms with Gasteiger partial charge in [0.2, 0.25) is 0 Å². The lowest BCUT2D eigenvalue weighted by molar-refractivity contribution is 0.112. The molecule has 4 heterocycles. The third kappa shape index (κ3) is 19.1. The van der Waals surface area contributed by atoms with E-state index in [1.165, 1.54) is 105 Å². The summed E-state index contributed by atoms with van der Waals surface area (Å²) in [7, 11) is 6.09. The maximum absolute atomic E-state index is 11.1. The molecule has 0 amide bonds. The Kier molecular flexibility index (Phi) is 26.4. The van der Waals surface area contributed by atoms with Gasteiger partial charge in [-0.05, 0) is 107 Å². The Labute approximate surface area is 434 Å². The Morgan fingerprint density at radius 1 is 0.861 bits per heavy atom. The monoisotopic (exact) mass is 977 g/mol. The number of rotatable bonds is 23. The molecule has 3 aliphatic heterocycles. The predicted molar refractivity (Wildman–Crippen MR) is 308 cm³/mol. The molecule has 72 heavy (non-hydrogen) atoms. The van der Waals surface area contributed by atoms with Crippen molar-refractivity contribution in [2.24, 2.45) is 10.8 Å². The standard InChI is InChI=1S/C22H37N.C20H26N6O.C17H21N3.C2H4/c1-3-4-5-6-7-8-9-10-11-12-13-14-15-21-16-18-22(19-17-21)20-23-2;1-26-11-7-20(8-12-26,24-18-4-2-3-16(13-18)14-27)15-23-19(25-21)17-5-9-22-10-6-17;1-11-8-9-17(12(2)19-11)20-10-15-14(13(20)3)6-5-7-16(15)18-4;1-2/h3,16-19,23H,1,4-15,20H2,2H3;2-6,9-10,13-14,24H,7-8,11-12,15,21H2,1H3,(H,23,25);5-7,17-19H,1-3,8-10H2,4H3;1-2H2. The van der Waals surface area contributed by atoms with Gasteiger partial charge in [0.25, 0.3) is 0 Å². The molecule has 1 aromatic heterocycles. The number of anilines is 2. The van der Waals surface area contributed by atoms with E-state index in [0.29, 0.717) is 24.0 Å². The zero-order valence-corrected chi connectivity index (χ0v) is 44.3. The molecule has 3 aliphatic rings. The second-order valence-electron chi connectivity index (χ2n) is 19.2. The summed E-state index contributed by atoms with van der Waals surface area (Å²) in [6.07, 6.45) is 26.7. The number of allylic oxidation sites excluding steroid dienone is 2. The highest BCUT2D eigenvalue weighted by atomic mass is 16.1. The molecule has 7 rings (SSSR count). The van der Waals surface area contributed by atoms with E-state index >= 15 is 0 Å². The number of pyridine rings is 1. The minimum atomic E-state index is -0.191. The molecule has 3 aromatic carbocycles. The predicted octanol–water partition coefficient (Wildman–Crippen LogP) is 12.2. The summed E-state index contributed by atoms with van der Waals surface area (Å²) in [6, 6.07) is 27.0. The van der Waals surface area contributed by atoms with Gasteiger partial charge in [0.15, 0.2) is 0 Å². The maximum Gasteiger partial charge on any atom is 0.150 e. The zero-order chi connectivity index (χ0) is 52.0. The van der Waals surface area contributed by atoms with Crippen LogP contribution in [0.4, 0.5) is 11.4 Å². The van der Waals surface area contributed by atoms with Crippen LogP contribution in [0.15, 0.2) is 153 Å². The van der Waals surface area contributed by atoms with Crippen LogP contribution in [0, 0.1) is 0 Å². The summed E-state index contributed by atoms with van der Waals surface area (Å²) < 4.78 is 0. The lowest BCUT2D eigenvalue weighted by Crippen LogP contribution is -2.51. The molecule has 4 aromatic rings. The van der Waals surface area contributed by atoms with E-state index in [9.17, 15) is 4.79 Å². The third-order valence-corrected chi connectivity index (χ3v) is 13.8. The fourth-order valence-electron chi connectivity index (χ4n) is 9.57. The Balaban J connectivity index is 0.000000233. The van der Waals surface area contributed by atoms with Crippen molar-refractivity contribution in [1.29, 1.82) is 0 Å². The number of aldehydes is 1. The average Bonchev–Trinajstić information content (AvgIpc) is 3.75. The maximum atomic E-state index is 11.1. The molecule has 7 N–H and O–H groups in total. The molecule has 0 spiro atoms. The smallest absolute Gasteiger partial charge is 0.150 e. The molecule has 1 unspecified atom stereocenters. The van der Waals surface area contributed by atoms with Gasteiger partial charge in [-0.2, -0.15) is 0 Å². The first-order valence-electron chi connectivity index (χ1n) is 26.3. The summed E-state index contributed by atoms with van der Waals surface area (Å²) in [5, 5.41) is 13.4. The van der Waals surface area contributed by atoms with Crippen molar-refractivity contribution in [3.63, 3.8) is 0 Å². The molecule has 388 valence electrons. The highest BCUT2D eigenvalue weighted by Crippen LogP contribution is 2.40. The molecule has 0 saturated carbocycles. The quantitative estimate of drug-likeness (QED) is 0.00811. The number of piperidine rings is 2. The summed E-state index contributed by atoms with van der Waals surface area (Å²) in [4.78, 5) is 24.6. The molecular formula is C61H88N10O. The highest BCUT2D eigenvalue weighted by Gasteiger charge is 2.35. The Hall–Kier alpha value is -6.27. The van der Waals surface area contributed by atoms with Gasteiger partial charge >= 0.3 is 0 Å². The zero-order valence-electron chi connectivity index (χ0n) is 44.3. The molecular weight excluding hydrogens is 889 g/mol. The fraction of sp³-hybridized carbons (Fsp3) is 0.426. The first-order chi connectivity index (χ1) is 35.1. The number of likely N-dealkylation sites (tertiary alicyclic amines) is 1. The summed E-state index contributed by atoms with van der Waals surface area (Å²) in [5.74, 6) is 6.35. The first-order valence-corrected chi connectivity index (χ1v) is 26.3. The normalized spacial score (nSPS) is 16.1. The van der Waals surface area contributed by atoms with Crippen molar-refractivity contribution in [3.8, 4) is 0 Å². The van der Waals surface area contributed by atoms with Crippen LogP contribution in [0.25, 0.3) is 5.70 Å². The van der Waals surface area contributed by atoms with Gasteiger partial charge in [0.1, 0.15) is 12.1 Å². The van der Waals surface area contributed by atoms with Crippen molar-refractivity contribution in [1.82, 2.24) is 30.8 Å². The van der Waals surface area contributed by atoms with E-state index in [4.69, 9.17) is 10.8 Å². The Morgan fingerprint density at radius 2 is 1.50 bits per heavy atom. The Bertz CT molecular complexity index is 2280. The van der Waals surface area contributed by atoms with Gasteiger partial charge in [-0.3, -0.25) is 14.8 Å². The number of hydrogen-bond donors (Lipinski definition) is 6. The van der Waals surface area contributed by atoms with Gasteiger partial charge in [0.05, 0.1) is 18.1 Å². The van der Waals surface area contributed by atoms with Crippen LogP contribution in [-0.2, 0) is 19.5 Å². The van der Waals surface area contributed by atoms with E-state index in [0.717, 1.165) is 86.5 Å². The Morgan fingerprint density at radius 3 is 2.11 bits per heavy atom. The number of aliphatic imine (C=N–C) groups is 1. The fourth-order valence-corrected chi connectivity index (χ4v) is 9.57. The van der Waals surface area contributed by atoms with E-state index in [-0.39, 0.29) is 5.54 Å². The topological polar surface area (TPSA) is 135 Å². The molecule has 0 radical (unpaired) electrons. The van der Waals surface area contributed by atoms with Gasteiger partial charge in [-0.1, -0.05) is 126 Å². The van der Waals surface area contributed by atoms with E-state index in [2.05, 4.69) is 130 Å². The lowest BCUT2D eigenvalue weighted by atomic mass is 9.87. The van der Waals surface area contributed by atoms with Crippen molar-refractivity contribution in [3.05, 3.63) is 182 Å². The number of amidine groups is 1. The largest absolute Gasteiger partial charge is 0.388 e. The molecule has 11 heteroatoms. The van der Waals surface area contributed by atoms with Gasteiger partial charge in [-0.15, -0.1) is 19.7 Å². The number of fused-ring (bicyclic) bond motifs is 1. The molecule has 0 bridgehead atoms. The third-order valence-electron chi connectivity index (χ3n) is 13.8. The summed E-state index contributed by atoms with van der Waals surface area (Å²) >= 11 is 0. The lowest BCUT2D eigenvalue weighted by Gasteiger charge is -2.41. The number of hydrazine groups is 1. The van der Waals surface area contributed by atoms with Crippen LogP contribution in [0.1, 0.15) is 134 Å². The van der Waals surface area contributed by atoms with E-state index in [1.54, 1.807) is 18.5 Å². The first kappa shape index (κ1) is 58.3. The van der Waals surface area contributed by atoms with E-state index < -0.39 is 0 Å². The summed E-state index contributed by atoms with van der Waals surface area (Å²) in [6.45, 7) is 26.6. The minimum Gasteiger partial charge on any atom is -0.388 e. The molecule has 11 nitrogen and oxygen atoms in total. The second kappa shape index (κ2) is 32.7. The number of aryl methyl sites for hydroxylation is 1. The van der Waals surface area contributed by atoms with Crippen LogP contribution in [0.5, 0.6) is 0 Å². The second-order valence-corrected chi connectivity index (χ2v) is 19.2. The number of carbonyl (C=O) groups excluding carboxylic acids is 1. The molecule has 1 atom stereocenters. The van der Waals surface area contributed by atoms with E-state index in [1.807, 2.05) is 50.5 Å². The molecule has 2 saturated heterocycles. The van der Waals surface area contributed by atoms with Crippen molar-refractivity contribution < 1.29 is 4.79 Å². The highest BCUT2D eigenvalue weighted by molar-refractivity contribution is 5.98. The number of nitrogens with two attached hydrogens (primary N) is 1. The van der Waals surface area contributed by atoms with Crippen molar-refractivity contribution in [2.75, 3.05) is 51.4 Å². The SMILES string of the molecule is C=C.C=C1CCC(N2Cc3c(NC)cccc3C2=C)C(=C)N1.C=CCCCCCCCCCCCCc1ccc(CNC)cc1.CN1CCC(CN=C(NN)c2ccncc2)(Nc2cccc(C=O)c2)CC1. The van der Waals surface area contributed by atoms with Gasteiger partial charge in [0, 0.05) is 96.3 Å². The number of benzene rings is 3. The van der Waals surface area contributed by atoms with Crippen LogP contribution < -0.4 is 32.5 Å². The minimum absolute atomic E-state index is 0.191. The van der Waals surface area contributed by atoms with Crippen LogP contribution >= 0.6 is 0 Å². The van der Waals surface area contributed by atoms with Gasteiger partial charge < -0.3 is 36.5 Å². The number of aromatic nitrogens is 1. The summed E-state index contributed by atoms with van der Waals surface area (Å²) in [5.41, 5.74) is 14.8. The number of nitrogens with one attached hydrogen (secondary N) is 5. The number of hydrogen-bond acceptors (Lipinski definition) is 10. The number of carbonyl (C=O) groups is 1. The van der Waals surface area contributed by atoms with Crippen LogP contribution in [0.3, 0.4) is 0 Å². The van der Waals surface area contributed by atoms with Crippen LogP contribution in [-0.4, -0.2) is 79.3 Å². The van der Waals surface area contributed by atoms with Gasteiger partial charge in [-0.25, -0.2) is 5.84 Å². The molecule has 2 fully saturated rings.